The summed E-state index contributed by atoms with van der Waals surface area (Å²) in [6.45, 7) is 3.89. The summed E-state index contributed by atoms with van der Waals surface area (Å²) in [5, 5.41) is 0. The zero-order valence-corrected chi connectivity index (χ0v) is 8.01. The van der Waals surface area contributed by atoms with Gasteiger partial charge in [-0.05, 0) is 13.8 Å². The minimum Gasteiger partial charge on any atom is -0.464 e. The van der Waals surface area contributed by atoms with E-state index >= 15 is 0 Å². The van der Waals surface area contributed by atoms with Gasteiger partial charge < -0.3 is 9.16 Å². The first-order valence-corrected chi connectivity index (χ1v) is 3.73. The Morgan fingerprint density at radius 2 is 2.33 bits per heavy atom. The second-order valence-electron chi connectivity index (χ2n) is 1.63. The fraction of sp³-hybridized carbons (Fsp3) is 0.800. The molecule has 0 heterocycles. The lowest BCUT2D eigenvalue weighted by atomic mass is 10.4. The number of rotatable bonds is 3. The van der Waals surface area contributed by atoms with Gasteiger partial charge in [-0.2, -0.15) is 0 Å². The van der Waals surface area contributed by atoms with Gasteiger partial charge in [0.05, 0.1) is 6.61 Å². The molecule has 0 amide bonds. The van der Waals surface area contributed by atoms with E-state index in [-0.39, 0.29) is 12.1 Å². The first kappa shape index (κ1) is 8.65. The normalized spacial score (nSPS) is 13.1. The van der Waals surface area contributed by atoms with Crippen molar-refractivity contribution in [3.8, 4) is 0 Å². The van der Waals surface area contributed by atoms with E-state index < -0.39 is 0 Å². The molecule has 0 spiro atoms. The van der Waals surface area contributed by atoms with Crippen molar-refractivity contribution >= 4 is 16.5 Å². The van der Waals surface area contributed by atoms with E-state index in [2.05, 4.69) is 4.74 Å². The Hall–Kier alpha value is -0.353. The molecule has 0 saturated heterocycles. The molecule has 0 radical (unpaired) electrons. The molecule has 0 rings (SSSR count). The summed E-state index contributed by atoms with van der Waals surface area (Å²) in [5.74, 6) is -0.271. The zero-order valence-electron chi connectivity index (χ0n) is 6.01. The van der Waals surface area contributed by atoms with Gasteiger partial charge in [0, 0.05) is 0 Å². The van der Waals surface area contributed by atoms with Gasteiger partial charge in [0.2, 0.25) is 0 Å². The van der Waals surface area contributed by atoms with Crippen molar-refractivity contribution in [2.45, 2.75) is 20.0 Å². The van der Waals surface area contributed by atoms with Crippen LogP contribution >= 0.6 is 0 Å². The number of esters is 1. The maximum Gasteiger partial charge on any atom is 0.333 e. The fourth-order valence-electron chi connectivity index (χ4n) is 0.356. The maximum absolute atomic E-state index is 10.6. The molecule has 0 bridgehead atoms. The summed E-state index contributed by atoms with van der Waals surface area (Å²) >= 11 is 0. The van der Waals surface area contributed by atoms with Crippen LogP contribution in [0, 0.1) is 0 Å². The van der Waals surface area contributed by atoms with Crippen molar-refractivity contribution in [3.05, 3.63) is 0 Å². The topological polar surface area (TPSA) is 35.5 Å². The van der Waals surface area contributed by atoms with Crippen LogP contribution in [0.1, 0.15) is 13.8 Å². The summed E-state index contributed by atoms with van der Waals surface area (Å²) in [6, 6.07) is 0. The van der Waals surface area contributed by atoms with Crippen molar-refractivity contribution in [1.29, 1.82) is 0 Å². The molecule has 0 aliphatic rings. The molecule has 0 fully saturated rings. The van der Waals surface area contributed by atoms with Crippen LogP contribution in [0.25, 0.3) is 0 Å². The van der Waals surface area contributed by atoms with Crippen molar-refractivity contribution in [2.24, 2.45) is 0 Å². The van der Waals surface area contributed by atoms with Crippen LogP contribution in [0.4, 0.5) is 0 Å². The van der Waals surface area contributed by atoms with Gasteiger partial charge in [0.1, 0.15) is 16.6 Å². The van der Waals surface area contributed by atoms with Crippen LogP contribution < -0.4 is 0 Å². The van der Waals surface area contributed by atoms with Gasteiger partial charge in [-0.15, -0.1) is 0 Å². The molecule has 0 aromatic heterocycles. The smallest absolute Gasteiger partial charge is 0.333 e. The Morgan fingerprint density at radius 1 is 1.78 bits per heavy atom. The third-order valence-electron chi connectivity index (χ3n) is 0.972. The van der Waals surface area contributed by atoms with Crippen molar-refractivity contribution < 1.29 is 14.0 Å². The molecule has 54 valence electrons. The predicted molar refractivity (Wildman–Crippen MR) is 37.1 cm³/mol. The summed E-state index contributed by atoms with van der Waals surface area (Å²) in [4.78, 5) is 10.6. The molecule has 0 aromatic carbocycles. The van der Waals surface area contributed by atoms with E-state index in [1.807, 2.05) is 0 Å². The van der Waals surface area contributed by atoms with Crippen LogP contribution in [0.15, 0.2) is 0 Å². The number of ether oxygens (including phenoxy) is 1. The highest BCUT2D eigenvalue weighted by Gasteiger charge is 2.10. The Morgan fingerprint density at radius 3 is 2.67 bits per heavy atom. The van der Waals surface area contributed by atoms with Gasteiger partial charge in [-0.3, -0.25) is 0 Å². The third kappa shape index (κ3) is 3.26. The number of hydrogen-bond donors (Lipinski definition) is 0. The van der Waals surface area contributed by atoms with Crippen LogP contribution in [0.3, 0.4) is 0 Å². The molecule has 0 N–H and O–H groups in total. The summed E-state index contributed by atoms with van der Waals surface area (Å²) in [7, 11) is 0.577. The molecule has 3 nitrogen and oxygen atoms in total. The quantitative estimate of drug-likeness (QED) is 0.389. The minimum absolute atomic E-state index is 0.271. The Bertz CT molecular complexity index is 94.2. The second-order valence-corrected chi connectivity index (χ2v) is 2.10. The highest BCUT2D eigenvalue weighted by Crippen LogP contribution is 1.90. The summed E-state index contributed by atoms with van der Waals surface area (Å²) in [5.41, 5.74) is 0. The standard InChI is InChI=1S/C5H12O3Si/c1-3-7-5(6)4(2)8-9/h4H,3H2,1-2,9H3. The van der Waals surface area contributed by atoms with E-state index in [4.69, 9.17) is 4.43 Å². The van der Waals surface area contributed by atoms with Crippen LogP contribution in [-0.4, -0.2) is 29.2 Å². The third-order valence-corrected chi connectivity index (χ3v) is 1.68. The van der Waals surface area contributed by atoms with Gasteiger partial charge >= 0.3 is 5.97 Å². The molecule has 9 heavy (non-hydrogen) atoms. The number of carbonyl (C=O) groups is 1. The van der Waals surface area contributed by atoms with E-state index in [0.717, 1.165) is 0 Å². The number of hydrogen-bond acceptors (Lipinski definition) is 3. The lowest BCUT2D eigenvalue weighted by molar-refractivity contribution is -0.150. The maximum atomic E-state index is 10.6. The van der Waals surface area contributed by atoms with Crippen LogP contribution in [0.5, 0.6) is 0 Å². The van der Waals surface area contributed by atoms with Gasteiger partial charge in [0.15, 0.2) is 0 Å². The monoisotopic (exact) mass is 148 g/mol. The molecule has 4 heteroatoms. The van der Waals surface area contributed by atoms with Crippen LogP contribution in [0.2, 0.25) is 0 Å². The predicted octanol–water partition coefficient (Wildman–Crippen LogP) is -0.765. The molecule has 0 aliphatic carbocycles. The molecule has 0 aromatic rings. The molecule has 1 atom stereocenters. The van der Waals surface area contributed by atoms with E-state index in [9.17, 15) is 4.79 Å². The molecule has 0 saturated carbocycles. The molecular formula is C5H12O3Si. The highest BCUT2D eigenvalue weighted by atomic mass is 28.2. The van der Waals surface area contributed by atoms with E-state index in [1.165, 1.54) is 0 Å². The van der Waals surface area contributed by atoms with Gasteiger partial charge in [-0.25, -0.2) is 4.79 Å². The SMILES string of the molecule is CCOC(=O)C(C)O[SiH3]. The van der Waals surface area contributed by atoms with E-state index in [0.29, 0.717) is 17.1 Å². The highest BCUT2D eigenvalue weighted by molar-refractivity contribution is 5.99. The average molecular weight is 148 g/mol. The fourth-order valence-corrected chi connectivity index (χ4v) is 0.548. The molecule has 0 aliphatic heterocycles. The Kier molecular flexibility index (Phi) is 4.34. The average Bonchev–Trinajstić information content (AvgIpc) is 1.87. The first-order valence-electron chi connectivity index (χ1n) is 2.91. The minimum atomic E-state index is -0.378. The largest absolute Gasteiger partial charge is 0.464 e. The van der Waals surface area contributed by atoms with Gasteiger partial charge in [-0.1, -0.05) is 0 Å². The Labute approximate surface area is 57.9 Å². The lowest BCUT2D eigenvalue weighted by Crippen LogP contribution is -2.22. The lowest BCUT2D eigenvalue weighted by Gasteiger charge is -2.07. The first-order chi connectivity index (χ1) is 4.22. The molecule has 1 unspecified atom stereocenters. The van der Waals surface area contributed by atoms with E-state index in [1.54, 1.807) is 13.8 Å². The zero-order chi connectivity index (χ0) is 7.28. The van der Waals surface area contributed by atoms with Gasteiger partial charge in [0.25, 0.3) is 0 Å². The summed E-state index contributed by atoms with van der Waals surface area (Å²) < 4.78 is 9.48. The second kappa shape index (κ2) is 4.52. The molecular weight excluding hydrogens is 136 g/mol. The number of carbonyl (C=O) groups excluding carboxylic acids is 1. The Balaban J connectivity index is 3.46. The van der Waals surface area contributed by atoms with Crippen molar-refractivity contribution in [2.75, 3.05) is 6.61 Å². The van der Waals surface area contributed by atoms with Crippen molar-refractivity contribution in [1.82, 2.24) is 0 Å². The van der Waals surface area contributed by atoms with Crippen LogP contribution in [-0.2, 0) is 14.0 Å². The summed E-state index contributed by atoms with van der Waals surface area (Å²) in [6.07, 6.45) is -0.378. The van der Waals surface area contributed by atoms with Crippen molar-refractivity contribution in [3.63, 3.8) is 0 Å².